The molecule has 1 aliphatic heterocycles. The van der Waals surface area contributed by atoms with E-state index in [1.807, 2.05) is 0 Å². The monoisotopic (exact) mass is 257 g/mol. The van der Waals surface area contributed by atoms with Gasteiger partial charge in [0, 0.05) is 19.9 Å². The molecule has 18 heavy (non-hydrogen) atoms. The Morgan fingerprint density at radius 2 is 2.17 bits per heavy atom. The number of amides is 1. The summed E-state index contributed by atoms with van der Waals surface area (Å²) in [4.78, 5) is 34.5. The summed E-state index contributed by atoms with van der Waals surface area (Å²) in [5.41, 5.74) is 0. The van der Waals surface area contributed by atoms with Crippen LogP contribution in [0.15, 0.2) is 12.7 Å². The first kappa shape index (κ1) is 14.0. The van der Waals surface area contributed by atoms with E-state index in [2.05, 4.69) is 6.58 Å². The van der Waals surface area contributed by atoms with Gasteiger partial charge in [0.05, 0.1) is 0 Å². The van der Waals surface area contributed by atoms with Crippen LogP contribution in [0.1, 0.15) is 13.3 Å². The van der Waals surface area contributed by atoms with Crippen LogP contribution in [-0.4, -0.2) is 53.3 Å². The Bertz CT molecular complexity index is 367. The molecular formula is C11H15NO6. The van der Waals surface area contributed by atoms with Crippen molar-refractivity contribution >= 4 is 18.0 Å². The lowest BCUT2D eigenvalue weighted by molar-refractivity contribution is -0.157. The van der Waals surface area contributed by atoms with Crippen molar-refractivity contribution in [2.75, 3.05) is 13.2 Å². The van der Waals surface area contributed by atoms with E-state index in [4.69, 9.17) is 14.6 Å². The number of ether oxygens (including phenoxy) is 2. The summed E-state index contributed by atoms with van der Waals surface area (Å²) in [5.74, 6) is -1.30. The molecule has 0 aromatic heterocycles. The van der Waals surface area contributed by atoms with E-state index in [0.717, 1.165) is 4.90 Å². The average Bonchev–Trinajstić information content (AvgIpc) is 2.68. The fourth-order valence-corrected chi connectivity index (χ4v) is 1.82. The SMILES string of the molecule is C=CCOC(=O)C1C(OC(C)=O)CCN1C(=O)O. The van der Waals surface area contributed by atoms with Crippen LogP contribution >= 0.6 is 0 Å². The van der Waals surface area contributed by atoms with Crippen molar-refractivity contribution in [3.8, 4) is 0 Å². The lowest BCUT2D eigenvalue weighted by Gasteiger charge is -2.23. The van der Waals surface area contributed by atoms with Gasteiger partial charge in [0.1, 0.15) is 12.7 Å². The molecule has 1 saturated heterocycles. The highest BCUT2D eigenvalue weighted by atomic mass is 16.6. The molecule has 0 saturated carbocycles. The molecule has 0 radical (unpaired) electrons. The van der Waals surface area contributed by atoms with Gasteiger partial charge in [-0.1, -0.05) is 12.7 Å². The number of nitrogens with zero attached hydrogens (tertiary/aromatic N) is 1. The molecule has 0 aliphatic carbocycles. The predicted molar refractivity (Wildman–Crippen MR) is 59.8 cm³/mol. The number of likely N-dealkylation sites (tertiary alicyclic amines) is 1. The molecule has 7 heteroatoms. The number of hydrogen-bond acceptors (Lipinski definition) is 5. The molecule has 1 rings (SSSR count). The van der Waals surface area contributed by atoms with Gasteiger partial charge >= 0.3 is 18.0 Å². The lowest BCUT2D eigenvalue weighted by atomic mass is 10.1. The minimum Gasteiger partial charge on any atom is -0.465 e. The van der Waals surface area contributed by atoms with Crippen molar-refractivity contribution in [2.24, 2.45) is 0 Å². The van der Waals surface area contributed by atoms with Gasteiger partial charge < -0.3 is 14.6 Å². The Labute approximate surface area is 104 Å². The summed E-state index contributed by atoms with van der Waals surface area (Å²) in [6.45, 7) is 4.70. The first-order chi connectivity index (χ1) is 8.47. The number of hydrogen-bond donors (Lipinski definition) is 1. The van der Waals surface area contributed by atoms with E-state index in [0.29, 0.717) is 0 Å². The fraction of sp³-hybridized carbons (Fsp3) is 0.545. The largest absolute Gasteiger partial charge is 0.465 e. The average molecular weight is 257 g/mol. The van der Waals surface area contributed by atoms with Crippen LogP contribution in [0, 0.1) is 0 Å². The Morgan fingerprint density at radius 3 is 2.67 bits per heavy atom. The Kier molecular flexibility index (Phi) is 4.70. The van der Waals surface area contributed by atoms with E-state index < -0.39 is 30.2 Å². The summed E-state index contributed by atoms with van der Waals surface area (Å²) < 4.78 is 9.75. The van der Waals surface area contributed by atoms with Gasteiger partial charge in [-0.3, -0.25) is 9.69 Å². The molecule has 1 aliphatic rings. The van der Waals surface area contributed by atoms with Crippen molar-refractivity contribution in [1.29, 1.82) is 0 Å². The molecule has 1 heterocycles. The zero-order chi connectivity index (χ0) is 13.7. The van der Waals surface area contributed by atoms with Crippen LogP contribution in [0.5, 0.6) is 0 Å². The molecule has 0 aromatic carbocycles. The minimum absolute atomic E-state index is 0.0183. The molecule has 2 unspecified atom stereocenters. The van der Waals surface area contributed by atoms with Crippen molar-refractivity contribution in [1.82, 2.24) is 4.90 Å². The molecule has 0 spiro atoms. The molecule has 0 aromatic rings. The Hall–Kier alpha value is -2.05. The summed E-state index contributed by atoms with van der Waals surface area (Å²) in [6, 6.07) is -1.11. The van der Waals surface area contributed by atoms with Crippen molar-refractivity contribution in [3.05, 3.63) is 12.7 Å². The minimum atomic E-state index is -1.25. The van der Waals surface area contributed by atoms with E-state index in [1.54, 1.807) is 0 Å². The molecule has 0 bridgehead atoms. The maximum Gasteiger partial charge on any atom is 0.408 e. The zero-order valence-corrected chi connectivity index (χ0v) is 10.00. The normalized spacial score (nSPS) is 22.4. The van der Waals surface area contributed by atoms with Crippen LogP contribution in [0.4, 0.5) is 4.79 Å². The van der Waals surface area contributed by atoms with Crippen LogP contribution in [-0.2, 0) is 19.1 Å². The third-order valence-electron chi connectivity index (χ3n) is 2.49. The second kappa shape index (κ2) is 6.04. The maximum atomic E-state index is 11.7. The molecule has 7 nitrogen and oxygen atoms in total. The third kappa shape index (κ3) is 3.22. The van der Waals surface area contributed by atoms with Crippen molar-refractivity contribution in [3.63, 3.8) is 0 Å². The molecule has 1 N–H and O–H groups in total. The lowest BCUT2D eigenvalue weighted by Crippen LogP contribution is -2.46. The molecule has 1 amide bonds. The van der Waals surface area contributed by atoms with Gasteiger partial charge in [-0.2, -0.15) is 0 Å². The van der Waals surface area contributed by atoms with Crippen LogP contribution in [0.25, 0.3) is 0 Å². The number of carboxylic acid groups (broad SMARTS) is 1. The molecule has 100 valence electrons. The molecule has 2 atom stereocenters. The first-order valence-corrected chi connectivity index (χ1v) is 5.41. The first-order valence-electron chi connectivity index (χ1n) is 5.41. The summed E-state index contributed by atoms with van der Waals surface area (Å²) >= 11 is 0. The van der Waals surface area contributed by atoms with E-state index in [9.17, 15) is 14.4 Å². The standard InChI is InChI=1S/C11H15NO6/c1-3-6-17-10(14)9-8(18-7(2)13)4-5-12(9)11(15)16/h3,8-9H,1,4-6H2,2H3,(H,15,16). The second-order valence-electron chi connectivity index (χ2n) is 3.78. The van der Waals surface area contributed by atoms with Gasteiger partial charge in [-0.25, -0.2) is 9.59 Å². The highest BCUT2D eigenvalue weighted by Gasteiger charge is 2.45. The fourth-order valence-electron chi connectivity index (χ4n) is 1.82. The molecule has 1 fully saturated rings. The van der Waals surface area contributed by atoms with Gasteiger partial charge in [0.2, 0.25) is 0 Å². The second-order valence-corrected chi connectivity index (χ2v) is 3.78. The topological polar surface area (TPSA) is 93.1 Å². The summed E-state index contributed by atoms with van der Waals surface area (Å²) in [7, 11) is 0. The summed E-state index contributed by atoms with van der Waals surface area (Å²) in [5, 5.41) is 8.97. The van der Waals surface area contributed by atoms with Crippen molar-refractivity contribution in [2.45, 2.75) is 25.5 Å². The third-order valence-corrected chi connectivity index (χ3v) is 2.49. The zero-order valence-electron chi connectivity index (χ0n) is 10.00. The Morgan fingerprint density at radius 1 is 1.50 bits per heavy atom. The number of carbonyl (C=O) groups is 3. The van der Waals surface area contributed by atoms with Crippen molar-refractivity contribution < 1.29 is 29.0 Å². The van der Waals surface area contributed by atoms with Crippen LogP contribution in [0.3, 0.4) is 0 Å². The highest BCUT2D eigenvalue weighted by molar-refractivity contribution is 5.83. The van der Waals surface area contributed by atoms with E-state index in [-0.39, 0.29) is 19.6 Å². The van der Waals surface area contributed by atoms with E-state index >= 15 is 0 Å². The van der Waals surface area contributed by atoms with Crippen LogP contribution < -0.4 is 0 Å². The number of esters is 2. The quantitative estimate of drug-likeness (QED) is 0.578. The smallest absolute Gasteiger partial charge is 0.408 e. The highest BCUT2D eigenvalue weighted by Crippen LogP contribution is 2.22. The van der Waals surface area contributed by atoms with Gasteiger partial charge in [-0.15, -0.1) is 0 Å². The Balaban J connectivity index is 2.80. The molecular weight excluding hydrogens is 242 g/mol. The summed E-state index contributed by atoms with van der Waals surface area (Å²) in [6.07, 6.45) is -0.389. The van der Waals surface area contributed by atoms with Gasteiger partial charge in [0.15, 0.2) is 6.04 Å². The van der Waals surface area contributed by atoms with Crippen LogP contribution in [0.2, 0.25) is 0 Å². The number of rotatable bonds is 4. The van der Waals surface area contributed by atoms with Gasteiger partial charge in [-0.05, 0) is 0 Å². The predicted octanol–water partition coefficient (Wildman–Crippen LogP) is 0.400. The maximum absolute atomic E-state index is 11.7. The van der Waals surface area contributed by atoms with E-state index in [1.165, 1.54) is 13.0 Å². The van der Waals surface area contributed by atoms with Gasteiger partial charge in [0.25, 0.3) is 0 Å². The number of carbonyl (C=O) groups excluding carboxylic acids is 2.